The number of amides is 1. The first kappa shape index (κ1) is 29.4. The van der Waals surface area contributed by atoms with Crippen molar-refractivity contribution in [3.8, 4) is 17.0 Å². The van der Waals surface area contributed by atoms with E-state index < -0.39 is 17.6 Å². The Labute approximate surface area is 235 Å². The van der Waals surface area contributed by atoms with E-state index in [-0.39, 0.29) is 23.8 Å². The van der Waals surface area contributed by atoms with Crippen LogP contribution < -0.4 is 20.7 Å². The number of methoxy groups -OCH3 is 1. The maximum absolute atomic E-state index is 14.8. The number of benzene rings is 2. The third kappa shape index (κ3) is 6.95. The summed E-state index contributed by atoms with van der Waals surface area (Å²) in [4.78, 5) is 32.1. The third-order valence-electron chi connectivity index (χ3n) is 6.56. The molecule has 2 aromatic heterocycles. The Morgan fingerprint density at radius 3 is 2.61 bits per heavy atom. The Balaban J connectivity index is 1.43. The van der Waals surface area contributed by atoms with Gasteiger partial charge in [0.25, 0.3) is 5.91 Å². The molecule has 0 bridgehead atoms. The van der Waals surface area contributed by atoms with E-state index in [9.17, 15) is 18.4 Å². The lowest BCUT2D eigenvalue weighted by Gasteiger charge is -2.13. The van der Waals surface area contributed by atoms with Gasteiger partial charge < -0.3 is 25.8 Å². The Bertz CT molecular complexity index is 1540. The fraction of sp³-hybridized carbons (Fsp3) is 0.310. The van der Waals surface area contributed by atoms with Crippen LogP contribution in [0, 0.1) is 11.6 Å². The van der Waals surface area contributed by atoms with Crippen LogP contribution in [-0.2, 0) is 11.2 Å². The van der Waals surface area contributed by atoms with Gasteiger partial charge in [-0.15, -0.1) is 0 Å². The summed E-state index contributed by atoms with van der Waals surface area (Å²) in [6.45, 7) is 3.05. The Hall–Kier alpha value is -4.58. The summed E-state index contributed by atoms with van der Waals surface area (Å²) >= 11 is 0. The number of hydrogen-bond donors (Lipinski definition) is 4. The number of carbonyl (C=O) groups excluding carboxylic acids is 1. The molecular weight excluding hydrogens is 534 g/mol. The number of fused-ring (bicyclic) bond motifs is 1. The van der Waals surface area contributed by atoms with Crippen molar-refractivity contribution in [1.29, 1.82) is 0 Å². The molecule has 4 N–H and O–H groups in total. The number of carbonyl (C=O) groups is 2. The molecule has 0 fully saturated rings. The molecule has 10 nitrogen and oxygen atoms in total. The summed E-state index contributed by atoms with van der Waals surface area (Å²) in [5.41, 5.74) is 2.91. The van der Waals surface area contributed by atoms with E-state index in [0.717, 1.165) is 24.8 Å². The van der Waals surface area contributed by atoms with Gasteiger partial charge in [0, 0.05) is 35.8 Å². The zero-order valence-electron chi connectivity index (χ0n) is 22.8. The average molecular weight is 567 g/mol. The lowest BCUT2D eigenvalue weighted by Crippen LogP contribution is -2.26. The number of ether oxygens (including phenoxy) is 1. The van der Waals surface area contributed by atoms with Crippen molar-refractivity contribution in [3.63, 3.8) is 0 Å². The zero-order valence-corrected chi connectivity index (χ0v) is 22.8. The molecule has 0 aliphatic rings. The van der Waals surface area contributed by atoms with E-state index in [2.05, 4.69) is 25.9 Å². The molecule has 4 aromatic rings. The van der Waals surface area contributed by atoms with E-state index in [4.69, 9.17) is 9.84 Å². The van der Waals surface area contributed by atoms with Crippen LogP contribution >= 0.6 is 0 Å². The number of aliphatic carboxylic acids is 1. The Morgan fingerprint density at radius 2 is 1.85 bits per heavy atom. The highest BCUT2D eigenvalue weighted by molar-refractivity contribution is 5.96. The molecule has 0 saturated carbocycles. The fourth-order valence-electron chi connectivity index (χ4n) is 4.46. The first-order chi connectivity index (χ1) is 19.8. The number of nitrogens with one attached hydrogen (secondary N) is 3. The van der Waals surface area contributed by atoms with Crippen LogP contribution in [0.2, 0.25) is 0 Å². The highest BCUT2D eigenvalue weighted by atomic mass is 19.2. The lowest BCUT2D eigenvalue weighted by molar-refractivity contribution is -0.135. The minimum absolute atomic E-state index is 0.0337. The quantitative estimate of drug-likeness (QED) is 0.164. The molecule has 0 atom stereocenters. The number of carboxylic acids is 1. The summed E-state index contributed by atoms with van der Waals surface area (Å²) < 4.78 is 35.6. The molecular formula is C29H32F2N6O4. The van der Waals surface area contributed by atoms with Gasteiger partial charge in [-0.2, -0.15) is 4.39 Å². The summed E-state index contributed by atoms with van der Waals surface area (Å²) in [7, 11) is 1.27. The molecule has 1 amide bonds. The van der Waals surface area contributed by atoms with Crippen LogP contribution in [0.5, 0.6) is 5.75 Å². The predicted octanol–water partition coefficient (Wildman–Crippen LogP) is 4.56. The maximum atomic E-state index is 14.8. The number of unbranched alkanes of at least 4 members (excludes halogenated alkanes) is 2. The smallest absolute Gasteiger partial charge is 0.317 e. The highest BCUT2D eigenvalue weighted by Crippen LogP contribution is 2.31. The molecule has 41 heavy (non-hydrogen) atoms. The van der Waals surface area contributed by atoms with Gasteiger partial charge in [-0.25, -0.2) is 14.4 Å². The summed E-state index contributed by atoms with van der Waals surface area (Å²) in [6.07, 6.45) is 7.70. The summed E-state index contributed by atoms with van der Waals surface area (Å²) in [6, 6.07) is 8.19. The van der Waals surface area contributed by atoms with Crippen molar-refractivity contribution in [2.45, 2.75) is 32.6 Å². The summed E-state index contributed by atoms with van der Waals surface area (Å²) in [5.74, 6) is -2.93. The van der Waals surface area contributed by atoms with Crippen LogP contribution in [0.3, 0.4) is 0 Å². The van der Waals surface area contributed by atoms with Crippen LogP contribution in [0.15, 0.2) is 48.9 Å². The van der Waals surface area contributed by atoms with E-state index in [0.29, 0.717) is 47.9 Å². The number of nitrogens with zero attached hydrogens (tertiary/aromatic N) is 3. The monoisotopic (exact) mass is 566 g/mol. The molecule has 0 aliphatic carbocycles. The van der Waals surface area contributed by atoms with Gasteiger partial charge in [0.1, 0.15) is 0 Å². The Kier molecular flexibility index (Phi) is 9.80. The molecule has 2 heterocycles. The minimum atomic E-state index is -1.08. The molecule has 0 saturated heterocycles. The van der Waals surface area contributed by atoms with Crippen molar-refractivity contribution in [2.24, 2.45) is 0 Å². The average Bonchev–Trinajstić information content (AvgIpc) is 3.40. The van der Waals surface area contributed by atoms with Crippen LogP contribution in [0.25, 0.3) is 16.9 Å². The molecule has 0 unspecified atom stereocenters. The van der Waals surface area contributed by atoms with Gasteiger partial charge in [-0.05, 0) is 61.7 Å². The second-order valence-corrected chi connectivity index (χ2v) is 9.29. The number of aromatic nitrogens is 3. The highest BCUT2D eigenvalue weighted by Gasteiger charge is 2.19. The largest absolute Gasteiger partial charge is 0.494 e. The number of anilines is 2. The van der Waals surface area contributed by atoms with Crippen molar-refractivity contribution < 1.29 is 28.2 Å². The second kappa shape index (κ2) is 13.7. The third-order valence-corrected chi connectivity index (χ3v) is 6.56. The number of hydrogen-bond acceptors (Lipinski definition) is 7. The minimum Gasteiger partial charge on any atom is -0.494 e. The standard InChI is InChI=1S/C29H32F2N6O4/c1-3-18-15-19(7-8-20(18)29(40)34-12-6-4-5-11-32-17-24(38)39)36-27-28-35-16-22(37(28)14-13-33-27)21-9-10-23(41-2)26(31)25(21)30/h7-10,13-16,32H,3-6,11-12,17H2,1-2H3,(H,33,36)(H,34,40)(H,38,39). The van der Waals surface area contributed by atoms with E-state index in [1.165, 1.54) is 31.6 Å². The molecule has 4 rings (SSSR count). The van der Waals surface area contributed by atoms with Crippen LogP contribution in [0.1, 0.15) is 42.1 Å². The molecule has 2 aromatic carbocycles. The number of imidazole rings is 1. The van der Waals surface area contributed by atoms with E-state index in [1.807, 2.05) is 13.0 Å². The van der Waals surface area contributed by atoms with Gasteiger partial charge in [0.05, 0.1) is 25.5 Å². The van der Waals surface area contributed by atoms with Crippen molar-refractivity contribution in [1.82, 2.24) is 25.0 Å². The second-order valence-electron chi connectivity index (χ2n) is 9.29. The number of carboxylic acid groups (broad SMARTS) is 1. The SMILES string of the molecule is CCc1cc(Nc2nccn3c(-c4ccc(OC)c(F)c4F)cnc23)ccc1C(=O)NCCCCCNCC(=O)O. The number of aryl methyl sites for hydroxylation is 1. The van der Waals surface area contributed by atoms with Crippen LogP contribution in [0.4, 0.5) is 20.3 Å². The molecule has 216 valence electrons. The molecule has 0 radical (unpaired) electrons. The van der Waals surface area contributed by atoms with Crippen LogP contribution in [-0.4, -0.2) is 58.1 Å². The van der Waals surface area contributed by atoms with Gasteiger partial charge in [-0.1, -0.05) is 13.3 Å². The molecule has 12 heteroatoms. The summed E-state index contributed by atoms with van der Waals surface area (Å²) in [5, 5.41) is 17.6. The topological polar surface area (TPSA) is 130 Å². The lowest BCUT2D eigenvalue weighted by atomic mass is 10.0. The number of halogens is 2. The van der Waals surface area contributed by atoms with Crippen molar-refractivity contribution in [2.75, 3.05) is 32.1 Å². The zero-order chi connectivity index (χ0) is 29.4. The van der Waals surface area contributed by atoms with Crippen molar-refractivity contribution >= 4 is 29.0 Å². The van der Waals surface area contributed by atoms with E-state index >= 15 is 0 Å². The maximum Gasteiger partial charge on any atom is 0.317 e. The number of rotatable bonds is 14. The Morgan fingerprint density at radius 1 is 1.05 bits per heavy atom. The fourth-order valence-corrected chi connectivity index (χ4v) is 4.46. The molecule has 0 spiro atoms. The first-order valence-corrected chi connectivity index (χ1v) is 13.3. The van der Waals surface area contributed by atoms with Gasteiger partial charge in [0.2, 0.25) is 5.82 Å². The van der Waals surface area contributed by atoms with E-state index in [1.54, 1.807) is 22.7 Å². The molecule has 0 aliphatic heterocycles. The first-order valence-electron chi connectivity index (χ1n) is 13.3. The van der Waals surface area contributed by atoms with Crippen molar-refractivity contribution in [3.05, 3.63) is 71.7 Å². The predicted molar refractivity (Wildman–Crippen MR) is 151 cm³/mol. The van der Waals surface area contributed by atoms with Gasteiger partial charge in [-0.3, -0.25) is 14.0 Å². The van der Waals surface area contributed by atoms with Gasteiger partial charge >= 0.3 is 5.97 Å². The van der Waals surface area contributed by atoms with Gasteiger partial charge in [0.15, 0.2) is 23.0 Å². The normalized spacial score (nSPS) is 11.0.